The van der Waals surface area contributed by atoms with Crippen LogP contribution in [0.1, 0.15) is 26.5 Å². The van der Waals surface area contributed by atoms with Crippen LogP contribution in [0.5, 0.6) is 0 Å². The third kappa shape index (κ3) is 3.17. The second kappa shape index (κ2) is 6.98. The number of aromatic amines is 1. The van der Waals surface area contributed by atoms with Gasteiger partial charge in [0.15, 0.2) is 0 Å². The highest BCUT2D eigenvalue weighted by molar-refractivity contribution is 7.12. The number of anilines is 1. The van der Waals surface area contributed by atoms with Crippen molar-refractivity contribution in [1.82, 2.24) is 10.2 Å². The molecule has 2 N–H and O–H groups in total. The van der Waals surface area contributed by atoms with Crippen molar-refractivity contribution < 1.29 is 4.79 Å². The summed E-state index contributed by atoms with van der Waals surface area (Å²) >= 11 is 1.45. The molecule has 5 heteroatoms. The van der Waals surface area contributed by atoms with Crippen molar-refractivity contribution in [2.24, 2.45) is 0 Å². The fourth-order valence-corrected chi connectivity index (χ4v) is 3.64. The second-order valence-electron chi connectivity index (χ2n) is 5.96. The van der Waals surface area contributed by atoms with Crippen LogP contribution in [0.4, 0.5) is 5.69 Å². The average Bonchev–Trinajstić information content (AvgIpc) is 3.27. The van der Waals surface area contributed by atoms with Crippen LogP contribution in [0, 0.1) is 6.92 Å². The Hall–Kier alpha value is -3.18. The maximum Gasteiger partial charge on any atom is 0.266 e. The molecule has 128 valence electrons. The molecule has 0 atom stereocenters. The van der Waals surface area contributed by atoms with Crippen molar-refractivity contribution in [2.45, 2.75) is 6.92 Å². The first-order chi connectivity index (χ1) is 12.7. The molecule has 4 rings (SSSR count). The number of H-pyrrole nitrogens is 1. The van der Waals surface area contributed by atoms with Crippen LogP contribution in [-0.4, -0.2) is 16.1 Å². The average molecular weight is 359 g/mol. The summed E-state index contributed by atoms with van der Waals surface area (Å²) in [5.74, 6) is -0.0800. The van der Waals surface area contributed by atoms with Gasteiger partial charge in [-0.2, -0.15) is 5.10 Å². The van der Waals surface area contributed by atoms with Gasteiger partial charge in [0.25, 0.3) is 5.91 Å². The van der Waals surface area contributed by atoms with E-state index < -0.39 is 0 Å². The molecule has 0 unspecified atom stereocenters. The summed E-state index contributed by atoms with van der Waals surface area (Å²) in [6, 6.07) is 17.7. The first-order valence-corrected chi connectivity index (χ1v) is 9.16. The number of fused-ring (bicyclic) bond motifs is 1. The van der Waals surface area contributed by atoms with Gasteiger partial charge in [0.05, 0.1) is 16.1 Å². The van der Waals surface area contributed by atoms with Gasteiger partial charge in [-0.05, 0) is 47.7 Å². The Morgan fingerprint density at radius 2 is 1.88 bits per heavy atom. The van der Waals surface area contributed by atoms with Crippen LogP contribution in [0.3, 0.4) is 0 Å². The van der Waals surface area contributed by atoms with Crippen LogP contribution in [0.15, 0.2) is 60.0 Å². The van der Waals surface area contributed by atoms with Gasteiger partial charge in [0, 0.05) is 11.1 Å². The Morgan fingerprint density at radius 1 is 1.08 bits per heavy atom. The molecule has 4 aromatic rings. The fourth-order valence-electron chi connectivity index (χ4n) is 2.82. The number of carbonyl (C=O) groups is 1. The SMILES string of the molecule is Cc1ccsc1C(=O)Nc1ccccc1/C=C/c1n[nH]c2ccccc12. The number of hydrogen-bond acceptors (Lipinski definition) is 3. The molecule has 0 saturated carbocycles. The number of carbonyl (C=O) groups excluding carboxylic acids is 1. The number of aromatic nitrogens is 2. The molecule has 2 aromatic carbocycles. The minimum Gasteiger partial charge on any atom is -0.321 e. The van der Waals surface area contributed by atoms with E-state index in [1.807, 2.05) is 79.1 Å². The van der Waals surface area contributed by atoms with E-state index in [1.165, 1.54) is 11.3 Å². The first kappa shape index (κ1) is 16.3. The van der Waals surface area contributed by atoms with E-state index in [-0.39, 0.29) is 5.91 Å². The van der Waals surface area contributed by atoms with Gasteiger partial charge in [-0.3, -0.25) is 9.89 Å². The smallest absolute Gasteiger partial charge is 0.266 e. The largest absolute Gasteiger partial charge is 0.321 e. The van der Waals surface area contributed by atoms with Gasteiger partial charge >= 0.3 is 0 Å². The van der Waals surface area contributed by atoms with Crippen molar-refractivity contribution in [2.75, 3.05) is 5.32 Å². The van der Waals surface area contributed by atoms with Crippen molar-refractivity contribution in [3.05, 3.63) is 81.7 Å². The van der Waals surface area contributed by atoms with Crippen LogP contribution in [0.2, 0.25) is 0 Å². The zero-order valence-electron chi connectivity index (χ0n) is 14.2. The van der Waals surface area contributed by atoms with Gasteiger partial charge in [0.1, 0.15) is 0 Å². The van der Waals surface area contributed by atoms with Gasteiger partial charge in [0.2, 0.25) is 0 Å². The molecule has 0 bridgehead atoms. The van der Waals surface area contributed by atoms with E-state index in [0.29, 0.717) is 0 Å². The highest BCUT2D eigenvalue weighted by Crippen LogP contribution is 2.23. The van der Waals surface area contributed by atoms with Gasteiger partial charge < -0.3 is 5.32 Å². The van der Waals surface area contributed by atoms with Crippen LogP contribution in [0.25, 0.3) is 23.1 Å². The molecule has 4 nitrogen and oxygen atoms in total. The predicted octanol–water partition coefficient (Wildman–Crippen LogP) is 5.36. The standard InChI is InChI=1S/C21H17N3OS/c1-14-12-13-26-20(14)21(25)22-17-8-4-2-6-15(17)10-11-19-16-7-3-5-9-18(16)23-24-19/h2-13H,1H3,(H,22,25)(H,23,24)/b11-10+. The van der Waals surface area contributed by atoms with Gasteiger partial charge in [-0.1, -0.05) is 42.5 Å². The second-order valence-corrected chi connectivity index (χ2v) is 6.88. The number of para-hydroxylation sites is 2. The molecular weight excluding hydrogens is 342 g/mol. The predicted molar refractivity (Wildman–Crippen MR) is 108 cm³/mol. The Kier molecular flexibility index (Phi) is 4.37. The Labute approximate surface area is 155 Å². The minimum atomic E-state index is -0.0800. The van der Waals surface area contributed by atoms with Gasteiger partial charge in [-0.25, -0.2) is 0 Å². The summed E-state index contributed by atoms with van der Waals surface area (Å²) < 4.78 is 0. The van der Waals surface area contributed by atoms with E-state index in [4.69, 9.17) is 0 Å². The lowest BCUT2D eigenvalue weighted by molar-refractivity contribution is 0.103. The molecule has 2 heterocycles. The topological polar surface area (TPSA) is 57.8 Å². The molecule has 0 aliphatic rings. The summed E-state index contributed by atoms with van der Waals surface area (Å²) in [7, 11) is 0. The van der Waals surface area contributed by atoms with Crippen molar-refractivity contribution in [3.8, 4) is 0 Å². The fraction of sp³-hybridized carbons (Fsp3) is 0.0476. The summed E-state index contributed by atoms with van der Waals surface area (Å²) in [5.41, 5.74) is 4.57. The lowest BCUT2D eigenvalue weighted by Crippen LogP contribution is -2.12. The maximum absolute atomic E-state index is 12.5. The summed E-state index contributed by atoms with van der Waals surface area (Å²) in [5, 5.41) is 13.4. The summed E-state index contributed by atoms with van der Waals surface area (Å²) in [4.78, 5) is 13.3. The quantitative estimate of drug-likeness (QED) is 0.516. The van der Waals surface area contributed by atoms with E-state index in [0.717, 1.165) is 38.3 Å². The van der Waals surface area contributed by atoms with Crippen LogP contribution in [-0.2, 0) is 0 Å². The number of thiophene rings is 1. The van der Waals surface area contributed by atoms with Crippen LogP contribution >= 0.6 is 11.3 Å². The Morgan fingerprint density at radius 3 is 2.73 bits per heavy atom. The highest BCUT2D eigenvalue weighted by Gasteiger charge is 2.12. The van der Waals surface area contributed by atoms with E-state index in [1.54, 1.807) is 0 Å². The van der Waals surface area contributed by atoms with Gasteiger partial charge in [-0.15, -0.1) is 11.3 Å². The highest BCUT2D eigenvalue weighted by atomic mass is 32.1. The molecular formula is C21H17N3OS. The van der Waals surface area contributed by atoms with Crippen molar-refractivity contribution in [1.29, 1.82) is 0 Å². The lowest BCUT2D eigenvalue weighted by Gasteiger charge is -2.08. The molecule has 0 saturated heterocycles. The zero-order chi connectivity index (χ0) is 17.9. The Balaban J connectivity index is 1.62. The number of hydrogen-bond donors (Lipinski definition) is 2. The number of aryl methyl sites for hydroxylation is 1. The van der Waals surface area contributed by atoms with Crippen LogP contribution < -0.4 is 5.32 Å². The monoisotopic (exact) mass is 359 g/mol. The molecule has 0 aliphatic heterocycles. The number of nitrogens with zero attached hydrogens (tertiary/aromatic N) is 1. The zero-order valence-corrected chi connectivity index (χ0v) is 15.0. The van der Waals surface area contributed by atoms with E-state index in [9.17, 15) is 4.79 Å². The number of benzene rings is 2. The normalized spacial score (nSPS) is 11.3. The molecule has 0 fully saturated rings. The van der Waals surface area contributed by atoms with E-state index >= 15 is 0 Å². The number of nitrogens with one attached hydrogen (secondary N) is 2. The third-order valence-electron chi connectivity index (χ3n) is 4.20. The van der Waals surface area contributed by atoms with Crippen molar-refractivity contribution >= 4 is 46.0 Å². The minimum absolute atomic E-state index is 0.0800. The Bertz CT molecular complexity index is 1110. The molecule has 0 radical (unpaired) electrons. The first-order valence-electron chi connectivity index (χ1n) is 8.28. The van der Waals surface area contributed by atoms with E-state index in [2.05, 4.69) is 15.5 Å². The molecule has 26 heavy (non-hydrogen) atoms. The molecule has 1 amide bonds. The summed E-state index contributed by atoms with van der Waals surface area (Å²) in [6.07, 6.45) is 3.93. The summed E-state index contributed by atoms with van der Waals surface area (Å²) in [6.45, 7) is 1.94. The molecule has 0 spiro atoms. The number of rotatable bonds is 4. The maximum atomic E-state index is 12.5. The molecule has 0 aliphatic carbocycles. The van der Waals surface area contributed by atoms with Crippen molar-refractivity contribution in [3.63, 3.8) is 0 Å². The number of amides is 1. The molecule has 2 aromatic heterocycles. The lowest BCUT2D eigenvalue weighted by atomic mass is 10.1. The third-order valence-corrected chi connectivity index (χ3v) is 5.21.